The van der Waals surface area contributed by atoms with Gasteiger partial charge in [0.2, 0.25) is 5.78 Å². The molecule has 0 aliphatic carbocycles. The largest absolute Gasteiger partial charge is 0.323 e. The molecule has 2 aromatic heterocycles. The average Bonchev–Trinajstić information content (AvgIpc) is 3.10. The molecule has 27 heavy (non-hydrogen) atoms. The maximum atomic E-state index is 12.3. The van der Waals surface area contributed by atoms with E-state index in [1.54, 1.807) is 6.20 Å². The lowest BCUT2D eigenvalue weighted by Gasteiger charge is -2.11. The van der Waals surface area contributed by atoms with Gasteiger partial charge < -0.3 is 10.6 Å². The van der Waals surface area contributed by atoms with E-state index in [0.717, 1.165) is 28.1 Å². The first-order chi connectivity index (χ1) is 13.1. The van der Waals surface area contributed by atoms with Crippen molar-refractivity contribution in [1.29, 1.82) is 0 Å². The number of rotatable bonds is 3. The summed E-state index contributed by atoms with van der Waals surface area (Å²) in [5.74, 6) is 0.655. The van der Waals surface area contributed by atoms with Gasteiger partial charge in [0.1, 0.15) is 0 Å². The minimum absolute atomic E-state index is 0.270. The number of hydrogen-bond donors (Lipinski definition) is 2. The van der Waals surface area contributed by atoms with E-state index in [2.05, 4.69) is 20.6 Å². The number of benzene rings is 2. The van der Waals surface area contributed by atoms with Gasteiger partial charge in [0.25, 0.3) is 0 Å². The molecule has 0 aliphatic heterocycles. The molecule has 0 fully saturated rings. The highest BCUT2D eigenvalue weighted by atomic mass is 16.2. The van der Waals surface area contributed by atoms with Crippen LogP contribution in [0.4, 0.5) is 16.2 Å². The van der Waals surface area contributed by atoms with Crippen molar-refractivity contribution in [2.45, 2.75) is 13.8 Å². The number of nitrogens with one attached hydrogen (secondary N) is 2. The first-order valence-corrected chi connectivity index (χ1v) is 8.64. The molecule has 0 saturated heterocycles. The maximum absolute atomic E-state index is 12.3. The molecule has 2 amide bonds. The van der Waals surface area contributed by atoms with Crippen molar-refractivity contribution >= 4 is 23.2 Å². The van der Waals surface area contributed by atoms with E-state index in [9.17, 15) is 4.79 Å². The zero-order valence-corrected chi connectivity index (χ0v) is 15.1. The summed E-state index contributed by atoms with van der Waals surface area (Å²) in [4.78, 5) is 21.0. The molecule has 0 aliphatic rings. The van der Waals surface area contributed by atoms with Gasteiger partial charge in [-0.3, -0.25) is 4.40 Å². The summed E-state index contributed by atoms with van der Waals surface area (Å²) in [5, 5.41) is 5.74. The van der Waals surface area contributed by atoms with E-state index in [-0.39, 0.29) is 6.03 Å². The van der Waals surface area contributed by atoms with Crippen LogP contribution in [0.1, 0.15) is 11.1 Å². The predicted octanol–water partition coefficient (Wildman–Crippen LogP) is 4.66. The third-order valence-corrected chi connectivity index (χ3v) is 4.53. The molecule has 0 saturated carbocycles. The van der Waals surface area contributed by atoms with Gasteiger partial charge in [-0.25, -0.2) is 14.8 Å². The number of hydrogen-bond acceptors (Lipinski definition) is 3. The normalized spacial score (nSPS) is 10.7. The molecular formula is C21H19N5O. The van der Waals surface area contributed by atoms with Gasteiger partial charge in [0.15, 0.2) is 0 Å². The molecule has 6 heteroatoms. The Labute approximate surface area is 156 Å². The smallest absolute Gasteiger partial charge is 0.308 e. The molecule has 0 bridgehead atoms. The fourth-order valence-corrected chi connectivity index (χ4v) is 2.86. The number of aromatic nitrogens is 3. The molecule has 0 spiro atoms. The zero-order chi connectivity index (χ0) is 18.8. The third kappa shape index (κ3) is 3.50. The van der Waals surface area contributed by atoms with E-state index in [0.29, 0.717) is 11.5 Å². The van der Waals surface area contributed by atoms with Crippen molar-refractivity contribution in [2.75, 3.05) is 10.6 Å². The Balaban J connectivity index is 1.47. The summed E-state index contributed by atoms with van der Waals surface area (Å²) in [6.07, 6.45) is 5.55. The fourth-order valence-electron chi connectivity index (χ4n) is 2.86. The number of carbonyl (C=O) groups is 1. The number of imidazole rings is 1. The van der Waals surface area contributed by atoms with Crippen LogP contribution in [-0.4, -0.2) is 20.4 Å². The van der Waals surface area contributed by atoms with E-state index in [4.69, 9.17) is 0 Å². The van der Waals surface area contributed by atoms with Crippen LogP contribution in [0.5, 0.6) is 0 Å². The Morgan fingerprint density at radius 1 is 1.00 bits per heavy atom. The number of nitrogens with zero attached hydrogens (tertiary/aromatic N) is 3. The summed E-state index contributed by atoms with van der Waals surface area (Å²) < 4.78 is 1.87. The highest BCUT2D eigenvalue weighted by Gasteiger charge is 2.08. The van der Waals surface area contributed by atoms with E-state index in [1.165, 1.54) is 0 Å². The molecule has 0 unspecified atom stereocenters. The lowest BCUT2D eigenvalue weighted by molar-refractivity contribution is 0.262. The lowest BCUT2D eigenvalue weighted by Crippen LogP contribution is -2.20. The molecule has 0 radical (unpaired) electrons. The first-order valence-electron chi connectivity index (χ1n) is 8.64. The Hall–Kier alpha value is -3.67. The average molecular weight is 357 g/mol. The molecule has 4 aromatic rings. The van der Waals surface area contributed by atoms with Gasteiger partial charge in [0.05, 0.1) is 5.69 Å². The maximum Gasteiger partial charge on any atom is 0.323 e. The van der Waals surface area contributed by atoms with E-state index >= 15 is 0 Å². The number of fused-ring (bicyclic) bond motifs is 1. The SMILES string of the molecule is Cc1cccc(NC(=O)Nc2ccc(-c3cn4cccnc4n3)cc2)c1C. The number of urea groups is 1. The summed E-state index contributed by atoms with van der Waals surface area (Å²) >= 11 is 0. The summed E-state index contributed by atoms with van der Waals surface area (Å²) in [7, 11) is 0. The van der Waals surface area contributed by atoms with Gasteiger partial charge >= 0.3 is 6.03 Å². The van der Waals surface area contributed by atoms with Crippen LogP contribution in [0.3, 0.4) is 0 Å². The van der Waals surface area contributed by atoms with E-state index < -0.39 is 0 Å². The van der Waals surface area contributed by atoms with Crippen LogP contribution in [-0.2, 0) is 0 Å². The molecular weight excluding hydrogens is 338 g/mol. The Morgan fingerprint density at radius 2 is 1.81 bits per heavy atom. The molecule has 2 heterocycles. The molecule has 2 aromatic carbocycles. The number of anilines is 2. The molecule has 6 nitrogen and oxygen atoms in total. The van der Waals surface area contributed by atoms with E-state index in [1.807, 2.05) is 79.2 Å². The van der Waals surface area contributed by atoms with Gasteiger partial charge in [0, 0.05) is 35.5 Å². The second-order valence-corrected chi connectivity index (χ2v) is 6.36. The second kappa shape index (κ2) is 6.92. The van der Waals surface area contributed by atoms with Crippen molar-refractivity contribution in [3.8, 4) is 11.3 Å². The molecule has 134 valence electrons. The van der Waals surface area contributed by atoms with Gasteiger partial charge in [-0.2, -0.15) is 0 Å². The minimum atomic E-state index is -0.270. The topological polar surface area (TPSA) is 71.3 Å². The highest BCUT2D eigenvalue weighted by molar-refractivity contribution is 6.00. The van der Waals surface area contributed by atoms with Crippen LogP contribution in [0.25, 0.3) is 17.0 Å². The number of amides is 2. The third-order valence-electron chi connectivity index (χ3n) is 4.53. The van der Waals surface area contributed by atoms with Crippen molar-refractivity contribution in [2.24, 2.45) is 0 Å². The van der Waals surface area contributed by atoms with Gasteiger partial charge in [-0.05, 0) is 49.2 Å². The van der Waals surface area contributed by atoms with Crippen molar-refractivity contribution in [3.63, 3.8) is 0 Å². The Morgan fingerprint density at radius 3 is 2.59 bits per heavy atom. The second-order valence-electron chi connectivity index (χ2n) is 6.36. The summed E-state index contributed by atoms with van der Waals surface area (Å²) in [6, 6.07) is 15.0. The predicted molar refractivity (Wildman–Crippen MR) is 107 cm³/mol. The van der Waals surface area contributed by atoms with Crippen LogP contribution in [0, 0.1) is 13.8 Å². The van der Waals surface area contributed by atoms with Crippen molar-refractivity contribution < 1.29 is 4.79 Å². The van der Waals surface area contributed by atoms with Gasteiger partial charge in [-0.1, -0.05) is 24.3 Å². The van der Waals surface area contributed by atoms with Crippen LogP contribution in [0.2, 0.25) is 0 Å². The summed E-state index contributed by atoms with van der Waals surface area (Å²) in [6.45, 7) is 4.01. The number of aryl methyl sites for hydroxylation is 1. The lowest BCUT2D eigenvalue weighted by atomic mass is 10.1. The summed E-state index contributed by atoms with van der Waals surface area (Å²) in [5.41, 5.74) is 5.51. The minimum Gasteiger partial charge on any atom is -0.308 e. The van der Waals surface area contributed by atoms with Crippen molar-refractivity contribution in [1.82, 2.24) is 14.4 Å². The highest BCUT2D eigenvalue weighted by Crippen LogP contribution is 2.22. The monoisotopic (exact) mass is 357 g/mol. The Bertz CT molecular complexity index is 1080. The Kier molecular flexibility index (Phi) is 4.30. The zero-order valence-electron chi connectivity index (χ0n) is 15.1. The van der Waals surface area contributed by atoms with Crippen molar-refractivity contribution in [3.05, 3.63) is 78.2 Å². The first kappa shape index (κ1) is 16.8. The van der Waals surface area contributed by atoms with Crippen LogP contribution in [0.15, 0.2) is 67.1 Å². The van der Waals surface area contributed by atoms with Crippen LogP contribution >= 0.6 is 0 Å². The number of carbonyl (C=O) groups excluding carboxylic acids is 1. The quantitative estimate of drug-likeness (QED) is 0.560. The van der Waals surface area contributed by atoms with Crippen LogP contribution < -0.4 is 10.6 Å². The fraction of sp³-hybridized carbons (Fsp3) is 0.0952. The van der Waals surface area contributed by atoms with Gasteiger partial charge in [-0.15, -0.1) is 0 Å². The molecule has 4 rings (SSSR count). The standard InChI is InChI=1S/C21H19N5O/c1-14-5-3-6-18(15(14)2)25-21(27)23-17-9-7-16(8-10-17)19-13-26-12-4-11-22-20(26)24-19/h3-13H,1-2H3,(H2,23,25,27). The molecule has 0 atom stereocenters. The molecule has 2 N–H and O–H groups in total.